The summed E-state index contributed by atoms with van der Waals surface area (Å²) in [5.41, 5.74) is 1.01. The summed E-state index contributed by atoms with van der Waals surface area (Å²) < 4.78 is 34.2. The Hall–Kier alpha value is -3.86. The number of aryl methyl sites for hydroxylation is 1. The first-order valence-corrected chi connectivity index (χ1v) is 16.7. The van der Waals surface area contributed by atoms with Crippen LogP contribution in [0.3, 0.4) is 0 Å². The van der Waals surface area contributed by atoms with Crippen LogP contribution in [0.2, 0.25) is 0 Å². The molecule has 13 nitrogen and oxygen atoms in total. The number of hydrogen-bond donors (Lipinski definition) is 2. The van der Waals surface area contributed by atoms with E-state index in [0.29, 0.717) is 52.8 Å². The Morgan fingerprint density at radius 1 is 0.977 bits per heavy atom. The Labute approximate surface area is 258 Å². The summed E-state index contributed by atoms with van der Waals surface area (Å²) in [6.07, 6.45) is 0. The predicted octanol–water partition coefficient (Wildman–Crippen LogP) is 3.52. The fourth-order valence-corrected chi connectivity index (χ4v) is 6.85. The highest BCUT2D eigenvalue weighted by Crippen LogP contribution is 2.25. The second kappa shape index (κ2) is 14.5. The summed E-state index contributed by atoms with van der Waals surface area (Å²) >= 11 is 2.46. The molecular weight excluding hydrogens is 613 g/mol. The van der Waals surface area contributed by atoms with Crippen molar-refractivity contribution in [1.29, 1.82) is 0 Å². The maximum Gasteiger partial charge on any atom is 0.251 e. The van der Waals surface area contributed by atoms with Crippen LogP contribution in [-0.4, -0.2) is 74.9 Å². The molecule has 0 radical (unpaired) electrons. The van der Waals surface area contributed by atoms with Crippen molar-refractivity contribution in [3.63, 3.8) is 0 Å². The monoisotopic (exact) mass is 644 g/mol. The van der Waals surface area contributed by atoms with E-state index < -0.39 is 15.9 Å². The molecule has 0 atom stereocenters. The number of benzene rings is 2. The zero-order valence-electron chi connectivity index (χ0n) is 24.1. The molecule has 0 saturated carbocycles. The number of sulfonamides is 1. The summed E-state index contributed by atoms with van der Waals surface area (Å²) in [6, 6.07) is 13.1. The van der Waals surface area contributed by atoms with Crippen molar-refractivity contribution >= 4 is 50.1 Å². The van der Waals surface area contributed by atoms with E-state index in [1.807, 2.05) is 31.2 Å². The van der Waals surface area contributed by atoms with E-state index in [2.05, 4.69) is 31.0 Å². The van der Waals surface area contributed by atoms with Crippen LogP contribution in [-0.2, 0) is 21.4 Å². The topological polar surface area (TPSA) is 161 Å². The molecule has 0 spiro atoms. The number of carbonyl (C=O) groups is 2. The average Bonchev–Trinajstić information content (AvgIpc) is 3.61. The van der Waals surface area contributed by atoms with Crippen molar-refractivity contribution in [3.05, 3.63) is 64.9 Å². The second-order valence-electron chi connectivity index (χ2n) is 8.92. The Morgan fingerprint density at radius 2 is 1.67 bits per heavy atom. The molecule has 0 saturated heterocycles. The lowest BCUT2D eigenvalue weighted by Crippen LogP contribution is -2.30. The largest absolute Gasteiger partial charge is 0.494 e. The lowest BCUT2D eigenvalue weighted by Gasteiger charge is -2.18. The number of nitrogens with zero attached hydrogens (tertiary/aromatic N) is 6. The van der Waals surface area contributed by atoms with Gasteiger partial charge in [-0.05, 0) is 62.4 Å². The van der Waals surface area contributed by atoms with E-state index in [0.717, 1.165) is 5.01 Å². The quantitative estimate of drug-likeness (QED) is 0.194. The summed E-state index contributed by atoms with van der Waals surface area (Å²) in [6.45, 7) is 8.49. The molecule has 2 heterocycles. The number of amides is 2. The molecule has 0 fully saturated rings. The minimum absolute atomic E-state index is 0.0232. The first-order valence-electron chi connectivity index (χ1n) is 13.4. The van der Waals surface area contributed by atoms with Crippen LogP contribution in [0.5, 0.6) is 5.75 Å². The third-order valence-corrected chi connectivity index (χ3v) is 9.82. The molecular formula is C27H32N8O5S3. The number of aromatic nitrogens is 5. The van der Waals surface area contributed by atoms with E-state index in [1.54, 1.807) is 25.3 Å². The van der Waals surface area contributed by atoms with Gasteiger partial charge in [0.05, 0.1) is 23.8 Å². The molecule has 0 aliphatic rings. The van der Waals surface area contributed by atoms with Crippen LogP contribution in [0.25, 0.3) is 5.69 Å². The Morgan fingerprint density at radius 3 is 2.28 bits per heavy atom. The summed E-state index contributed by atoms with van der Waals surface area (Å²) in [5, 5.41) is 23.5. The molecule has 2 N–H and O–H groups in total. The van der Waals surface area contributed by atoms with Gasteiger partial charge in [-0.3, -0.25) is 19.5 Å². The number of nitrogens with one attached hydrogen (secondary N) is 2. The van der Waals surface area contributed by atoms with Crippen molar-refractivity contribution in [2.45, 2.75) is 44.3 Å². The lowest BCUT2D eigenvalue weighted by atomic mass is 10.2. The van der Waals surface area contributed by atoms with E-state index in [9.17, 15) is 18.0 Å². The van der Waals surface area contributed by atoms with Crippen molar-refractivity contribution in [2.24, 2.45) is 0 Å². The molecule has 2 aromatic carbocycles. The minimum atomic E-state index is -3.63. The maximum absolute atomic E-state index is 13.0. The van der Waals surface area contributed by atoms with Gasteiger partial charge < -0.3 is 10.1 Å². The standard InChI is InChI=1S/C27H32N8O5S3/c1-5-34(6-2)43(38,39)22-14-8-19(9-15-22)25(37)28-16-23-31-33-27(35(23)20-10-12-21(13-11-20)40-7-3)41-17-24(36)29-26-32-30-18(4)42-26/h8-15H,5-7,16-17H2,1-4H3,(H,28,37)(H,29,32,36). The second-order valence-corrected chi connectivity index (χ2v) is 13.0. The number of rotatable bonds is 14. The molecule has 0 aliphatic heterocycles. The lowest BCUT2D eigenvalue weighted by molar-refractivity contribution is -0.113. The zero-order valence-corrected chi connectivity index (χ0v) is 26.6. The fraction of sp³-hybridized carbons (Fsp3) is 0.333. The SMILES string of the molecule is CCOc1ccc(-n2c(CNC(=O)c3ccc(S(=O)(=O)N(CC)CC)cc3)nnc2SCC(=O)Nc2nnc(C)s2)cc1. The van der Waals surface area contributed by atoms with Gasteiger partial charge in [-0.15, -0.1) is 20.4 Å². The van der Waals surface area contributed by atoms with Crippen LogP contribution in [0.4, 0.5) is 5.13 Å². The summed E-state index contributed by atoms with van der Waals surface area (Å²) in [5.74, 6) is 0.489. The Kier molecular flexibility index (Phi) is 10.8. The number of hydrogen-bond acceptors (Lipinski definition) is 11. The Balaban J connectivity index is 1.50. The van der Waals surface area contributed by atoms with Crippen LogP contribution in [0.1, 0.15) is 42.0 Å². The van der Waals surface area contributed by atoms with Crippen molar-refractivity contribution in [2.75, 3.05) is 30.8 Å². The number of thioether (sulfide) groups is 1. The third-order valence-electron chi connectivity index (χ3n) is 6.08. The van der Waals surface area contributed by atoms with E-state index in [-0.39, 0.29) is 23.1 Å². The molecule has 0 bridgehead atoms. The van der Waals surface area contributed by atoms with Crippen LogP contribution in [0, 0.1) is 6.92 Å². The van der Waals surface area contributed by atoms with E-state index >= 15 is 0 Å². The summed E-state index contributed by atoms with van der Waals surface area (Å²) in [7, 11) is -3.63. The predicted molar refractivity (Wildman–Crippen MR) is 164 cm³/mol. The molecule has 16 heteroatoms. The average molecular weight is 645 g/mol. The van der Waals surface area contributed by atoms with Gasteiger partial charge in [-0.2, -0.15) is 4.31 Å². The first kappa shape index (κ1) is 32.1. The van der Waals surface area contributed by atoms with Crippen LogP contribution in [0.15, 0.2) is 58.6 Å². The molecule has 228 valence electrons. The molecule has 0 unspecified atom stereocenters. The van der Waals surface area contributed by atoms with E-state index in [4.69, 9.17) is 4.74 Å². The number of carbonyl (C=O) groups excluding carboxylic acids is 2. The van der Waals surface area contributed by atoms with Gasteiger partial charge in [0.1, 0.15) is 10.8 Å². The molecule has 0 aliphatic carbocycles. The van der Waals surface area contributed by atoms with Crippen molar-refractivity contribution in [3.8, 4) is 11.4 Å². The van der Waals surface area contributed by atoms with Gasteiger partial charge in [0, 0.05) is 24.3 Å². The van der Waals surface area contributed by atoms with E-state index in [1.165, 1.54) is 51.7 Å². The molecule has 4 aromatic rings. The van der Waals surface area contributed by atoms with Crippen LogP contribution >= 0.6 is 23.1 Å². The zero-order chi connectivity index (χ0) is 31.0. The van der Waals surface area contributed by atoms with Crippen molar-refractivity contribution < 1.29 is 22.7 Å². The number of ether oxygens (including phenoxy) is 1. The van der Waals surface area contributed by atoms with Gasteiger partial charge >= 0.3 is 0 Å². The molecule has 43 heavy (non-hydrogen) atoms. The number of anilines is 1. The molecule has 2 aromatic heterocycles. The molecule has 4 rings (SSSR count). The highest BCUT2D eigenvalue weighted by molar-refractivity contribution is 7.99. The van der Waals surface area contributed by atoms with Crippen molar-refractivity contribution in [1.82, 2.24) is 34.6 Å². The molecule has 2 amide bonds. The Bertz CT molecular complexity index is 1650. The smallest absolute Gasteiger partial charge is 0.251 e. The van der Waals surface area contributed by atoms with Gasteiger partial charge in [0.2, 0.25) is 21.1 Å². The minimum Gasteiger partial charge on any atom is -0.494 e. The first-order chi connectivity index (χ1) is 20.7. The maximum atomic E-state index is 13.0. The van der Waals surface area contributed by atoms with Gasteiger partial charge in [-0.25, -0.2) is 8.42 Å². The highest BCUT2D eigenvalue weighted by Gasteiger charge is 2.22. The van der Waals surface area contributed by atoms with Gasteiger partial charge in [0.15, 0.2) is 11.0 Å². The fourth-order valence-electron chi connectivity index (χ4n) is 4.01. The third kappa shape index (κ3) is 7.95. The summed E-state index contributed by atoms with van der Waals surface area (Å²) in [4.78, 5) is 25.6. The highest BCUT2D eigenvalue weighted by atomic mass is 32.2. The van der Waals surface area contributed by atoms with Gasteiger partial charge in [0.25, 0.3) is 5.91 Å². The van der Waals surface area contributed by atoms with Crippen LogP contribution < -0.4 is 15.4 Å². The normalized spacial score (nSPS) is 11.5. The van der Waals surface area contributed by atoms with Gasteiger partial charge in [-0.1, -0.05) is 36.9 Å².